The van der Waals surface area contributed by atoms with Crippen LogP contribution in [0.15, 0.2) is 47.4 Å². The van der Waals surface area contributed by atoms with Gasteiger partial charge >= 0.3 is 0 Å². The smallest absolute Gasteiger partial charge is 0.246 e. The lowest BCUT2D eigenvalue weighted by Crippen LogP contribution is -2.43. The average molecular weight is 421 g/mol. The molecular formula is C21H25FN2O4S. The molecule has 3 rings (SSSR count). The molecule has 0 aliphatic carbocycles. The van der Waals surface area contributed by atoms with Crippen LogP contribution in [-0.4, -0.2) is 38.8 Å². The summed E-state index contributed by atoms with van der Waals surface area (Å²) in [7, 11) is -2.65. The normalized spacial score (nSPS) is 17.7. The number of amides is 1. The first kappa shape index (κ1) is 21.3. The number of sulfonamides is 1. The molecule has 1 atom stereocenters. The number of ether oxygens (including phenoxy) is 1. The van der Waals surface area contributed by atoms with Gasteiger partial charge in [-0.25, -0.2) is 12.8 Å². The number of nitrogens with zero attached hydrogens (tertiary/aromatic N) is 1. The Hall–Kier alpha value is -2.45. The van der Waals surface area contributed by atoms with Gasteiger partial charge in [-0.2, -0.15) is 4.31 Å². The second-order valence-electron chi connectivity index (χ2n) is 7.00. The summed E-state index contributed by atoms with van der Waals surface area (Å²) in [4.78, 5) is 12.6. The van der Waals surface area contributed by atoms with Gasteiger partial charge in [-0.1, -0.05) is 25.1 Å². The van der Waals surface area contributed by atoms with E-state index in [0.717, 1.165) is 29.8 Å². The van der Waals surface area contributed by atoms with E-state index in [1.54, 1.807) is 0 Å². The number of piperidine rings is 1. The lowest BCUT2D eigenvalue weighted by molar-refractivity contribution is -0.120. The summed E-state index contributed by atoms with van der Waals surface area (Å²) in [6.45, 7) is 2.33. The minimum absolute atomic E-state index is 0.0438. The maximum Gasteiger partial charge on any atom is 0.246 e. The highest BCUT2D eigenvalue weighted by Gasteiger charge is 2.35. The average Bonchev–Trinajstić information content (AvgIpc) is 2.74. The van der Waals surface area contributed by atoms with Gasteiger partial charge in [0.05, 0.1) is 13.0 Å². The van der Waals surface area contributed by atoms with Gasteiger partial charge in [0, 0.05) is 18.8 Å². The van der Waals surface area contributed by atoms with Crippen LogP contribution in [0.2, 0.25) is 0 Å². The molecule has 1 amide bonds. The Labute approximate surface area is 170 Å². The van der Waals surface area contributed by atoms with E-state index in [9.17, 15) is 17.6 Å². The Bertz CT molecular complexity index is 994. The van der Waals surface area contributed by atoms with Crippen LogP contribution in [0.1, 0.15) is 25.3 Å². The molecule has 1 aliphatic heterocycles. The molecule has 2 aromatic carbocycles. The summed E-state index contributed by atoms with van der Waals surface area (Å²) >= 11 is 0. The van der Waals surface area contributed by atoms with E-state index >= 15 is 0 Å². The van der Waals surface area contributed by atoms with Crippen molar-refractivity contribution in [2.24, 2.45) is 5.92 Å². The van der Waals surface area contributed by atoms with Gasteiger partial charge in [-0.05, 0) is 49.1 Å². The van der Waals surface area contributed by atoms with Crippen LogP contribution in [0.25, 0.3) is 0 Å². The number of rotatable bonds is 6. The molecule has 0 spiro atoms. The predicted octanol–water partition coefficient (Wildman–Crippen LogP) is 3.44. The van der Waals surface area contributed by atoms with Gasteiger partial charge in [0.2, 0.25) is 15.9 Å². The van der Waals surface area contributed by atoms with Crippen molar-refractivity contribution in [3.63, 3.8) is 0 Å². The van der Waals surface area contributed by atoms with Crippen molar-refractivity contribution < 1.29 is 22.3 Å². The highest BCUT2D eigenvalue weighted by Crippen LogP contribution is 2.31. The molecule has 2 aromatic rings. The molecule has 0 radical (unpaired) electrons. The lowest BCUT2D eigenvalue weighted by Gasteiger charge is -2.31. The molecule has 1 N–H and O–H groups in total. The van der Waals surface area contributed by atoms with Crippen molar-refractivity contribution >= 4 is 21.6 Å². The van der Waals surface area contributed by atoms with Crippen molar-refractivity contribution in [1.29, 1.82) is 0 Å². The van der Waals surface area contributed by atoms with E-state index in [4.69, 9.17) is 4.74 Å². The minimum Gasteiger partial charge on any atom is -0.495 e. The number of carbonyl (C=O) groups excluding carboxylic acids is 1. The van der Waals surface area contributed by atoms with Crippen LogP contribution in [0, 0.1) is 11.7 Å². The number of methoxy groups -OCH3 is 1. The zero-order valence-electron chi connectivity index (χ0n) is 16.5. The van der Waals surface area contributed by atoms with Crippen LogP contribution in [0.5, 0.6) is 5.75 Å². The Balaban J connectivity index is 1.80. The summed E-state index contributed by atoms with van der Waals surface area (Å²) in [6.07, 6.45) is 1.91. The molecule has 29 heavy (non-hydrogen) atoms. The number of benzene rings is 2. The summed E-state index contributed by atoms with van der Waals surface area (Å²) < 4.78 is 46.2. The van der Waals surface area contributed by atoms with Crippen molar-refractivity contribution in [1.82, 2.24) is 4.31 Å². The van der Waals surface area contributed by atoms with Crippen molar-refractivity contribution in [3.8, 4) is 5.75 Å². The number of para-hydroxylation sites is 1. The van der Waals surface area contributed by atoms with Gasteiger partial charge in [0.15, 0.2) is 0 Å². The molecule has 156 valence electrons. The van der Waals surface area contributed by atoms with E-state index in [0.29, 0.717) is 12.8 Å². The van der Waals surface area contributed by atoms with Crippen LogP contribution >= 0.6 is 0 Å². The van der Waals surface area contributed by atoms with E-state index in [1.165, 1.54) is 17.5 Å². The fourth-order valence-electron chi connectivity index (χ4n) is 3.55. The summed E-state index contributed by atoms with van der Waals surface area (Å²) in [6, 6.07) is 10.9. The topological polar surface area (TPSA) is 75.7 Å². The molecule has 8 heteroatoms. The van der Waals surface area contributed by atoms with Gasteiger partial charge in [-0.15, -0.1) is 0 Å². The van der Waals surface area contributed by atoms with Gasteiger partial charge < -0.3 is 10.1 Å². The molecule has 1 heterocycles. The van der Waals surface area contributed by atoms with Gasteiger partial charge in [0.1, 0.15) is 16.5 Å². The van der Waals surface area contributed by atoms with Crippen LogP contribution < -0.4 is 10.1 Å². The first-order chi connectivity index (χ1) is 13.9. The van der Waals surface area contributed by atoms with E-state index in [2.05, 4.69) is 5.32 Å². The highest BCUT2D eigenvalue weighted by molar-refractivity contribution is 7.89. The molecular weight excluding hydrogens is 395 g/mol. The molecule has 0 bridgehead atoms. The first-order valence-electron chi connectivity index (χ1n) is 9.59. The Morgan fingerprint density at radius 2 is 2.03 bits per heavy atom. The minimum atomic E-state index is -3.99. The fraction of sp³-hybridized carbons (Fsp3) is 0.381. The van der Waals surface area contributed by atoms with Crippen LogP contribution in [0.4, 0.5) is 10.1 Å². The molecule has 0 unspecified atom stereocenters. The van der Waals surface area contributed by atoms with Crippen molar-refractivity contribution in [3.05, 3.63) is 53.8 Å². The number of hydrogen-bond donors (Lipinski definition) is 1. The largest absolute Gasteiger partial charge is 0.495 e. The number of hydrogen-bond acceptors (Lipinski definition) is 4. The number of halogens is 1. The van der Waals surface area contributed by atoms with Crippen molar-refractivity contribution in [2.45, 2.75) is 31.1 Å². The number of nitrogens with one attached hydrogen (secondary N) is 1. The lowest BCUT2D eigenvalue weighted by atomic mass is 9.98. The maximum absolute atomic E-state index is 13.7. The summed E-state index contributed by atoms with van der Waals surface area (Å²) in [5.41, 5.74) is 1.76. The van der Waals surface area contributed by atoms with E-state index in [-0.39, 0.29) is 29.6 Å². The number of aryl methyl sites for hydroxylation is 1. The van der Waals surface area contributed by atoms with Gasteiger partial charge in [0.25, 0.3) is 0 Å². The SMILES string of the molecule is CCc1ccccc1NC(=O)[C@@H]1CCCN(S(=O)(=O)c2cc(F)ccc2OC)C1. The third-order valence-corrected chi connectivity index (χ3v) is 7.04. The molecule has 1 saturated heterocycles. The van der Waals surface area contributed by atoms with E-state index < -0.39 is 21.8 Å². The monoisotopic (exact) mass is 420 g/mol. The Morgan fingerprint density at radius 3 is 2.76 bits per heavy atom. The van der Waals surface area contributed by atoms with Crippen molar-refractivity contribution in [2.75, 3.05) is 25.5 Å². The molecule has 1 aliphatic rings. The van der Waals surface area contributed by atoms with Crippen LogP contribution in [0.3, 0.4) is 0 Å². The van der Waals surface area contributed by atoms with E-state index in [1.807, 2.05) is 31.2 Å². The molecule has 0 aromatic heterocycles. The first-order valence-corrected chi connectivity index (χ1v) is 11.0. The third kappa shape index (κ3) is 4.59. The molecule has 1 fully saturated rings. The number of carbonyl (C=O) groups is 1. The standard InChI is InChI=1S/C21H25FN2O4S/c1-3-15-7-4-5-9-18(15)23-21(25)16-8-6-12-24(14-16)29(26,27)20-13-17(22)10-11-19(20)28-2/h4-5,7,9-11,13,16H,3,6,8,12,14H2,1-2H3,(H,23,25)/t16-/m1/s1. The fourth-order valence-corrected chi connectivity index (χ4v) is 5.24. The quantitative estimate of drug-likeness (QED) is 0.777. The second kappa shape index (κ2) is 8.92. The van der Waals surface area contributed by atoms with Gasteiger partial charge in [-0.3, -0.25) is 4.79 Å². The maximum atomic E-state index is 13.7. The highest BCUT2D eigenvalue weighted by atomic mass is 32.2. The predicted molar refractivity (Wildman–Crippen MR) is 109 cm³/mol. The summed E-state index contributed by atoms with van der Waals surface area (Å²) in [5, 5.41) is 2.93. The second-order valence-corrected chi connectivity index (χ2v) is 8.90. The molecule has 6 nitrogen and oxygen atoms in total. The van der Waals surface area contributed by atoms with Crippen LogP contribution in [-0.2, 0) is 21.2 Å². The Kier molecular flexibility index (Phi) is 6.54. The Morgan fingerprint density at radius 1 is 1.28 bits per heavy atom. The zero-order chi connectivity index (χ0) is 21.0. The molecule has 0 saturated carbocycles. The zero-order valence-corrected chi connectivity index (χ0v) is 17.3. The third-order valence-electron chi connectivity index (χ3n) is 5.15. The summed E-state index contributed by atoms with van der Waals surface area (Å²) in [5.74, 6) is -1.28. The number of anilines is 1.